The van der Waals surface area contributed by atoms with Crippen LogP contribution in [0.3, 0.4) is 0 Å². The number of rotatable bonds is 5. The van der Waals surface area contributed by atoms with E-state index in [2.05, 4.69) is 33.1 Å². The van der Waals surface area contributed by atoms with Crippen LogP contribution in [0.5, 0.6) is 5.75 Å². The quantitative estimate of drug-likeness (QED) is 0.436. The number of benzene rings is 2. The zero-order valence-electron chi connectivity index (χ0n) is 16.8. The number of fused-ring (bicyclic) bond motifs is 2. The van der Waals surface area contributed by atoms with E-state index in [1.165, 1.54) is 5.39 Å². The minimum absolute atomic E-state index is 0.603. The van der Waals surface area contributed by atoms with Gasteiger partial charge in [0, 0.05) is 41.3 Å². The van der Waals surface area contributed by atoms with Crippen LogP contribution >= 0.6 is 0 Å². The molecule has 0 aliphatic rings. The Morgan fingerprint density at radius 3 is 2.70 bits per heavy atom. The highest BCUT2D eigenvalue weighted by Crippen LogP contribution is 2.31. The van der Waals surface area contributed by atoms with Gasteiger partial charge in [-0.25, -0.2) is 9.97 Å². The number of pyridine rings is 1. The molecule has 0 radical (unpaired) electrons. The van der Waals surface area contributed by atoms with Crippen LogP contribution in [0.2, 0.25) is 0 Å². The van der Waals surface area contributed by atoms with Crippen LogP contribution in [0, 0.1) is 0 Å². The summed E-state index contributed by atoms with van der Waals surface area (Å²) in [5, 5.41) is 5.59. The first-order chi connectivity index (χ1) is 14.7. The fraction of sp³-hybridized carbons (Fsp3) is 0.125. The molecule has 0 saturated carbocycles. The largest absolute Gasteiger partial charge is 0.494 e. The topological polar surface area (TPSA) is 64.9 Å². The van der Waals surface area contributed by atoms with Gasteiger partial charge in [0.2, 0.25) is 0 Å². The van der Waals surface area contributed by atoms with Crippen LogP contribution in [0.1, 0.15) is 6.92 Å². The van der Waals surface area contributed by atoms with E-state index in [0.29, 0.717) is 12.4 Å². The molecule has 0 fully saturated rings. The van der Waals surface area contributed by atoms with Gasteiger partial charge in [-0.05, 0) is 49.4 Å². The summed E-state index contributed by atoms with van der Waals surface area (Å²) in [5.74, 6) is 3.10. The third-order valence-corrected chi connectivity index (χ3v) is 5.10. The molecule has 1 N–H and O–H groups in total. The Morgan fingerprint density at radius 1 is 1.00 bits per heavy atom. The molecule has 0 atom stereocenters. The zero-order valence-corrected chi connectivity index (χ0v) is 16.8. The molecule has 0 aliphatic heterocycles. The third kappa shape index (κ3) is 3.22. The van der Waals surface area contributed by atoms with Crippen molar-refractivity contribution < 1.29 is 4.74 Å². The predicted molar refractivity (Wildman–Crippen MR) is 120 cm³/mol. The number of ether oxygens (including phenoxy) is 1. The minimum atomic E-state index is 0.603. The second kappa shape index (κ2) is 7.48. The molecule has 5 aromatic rings. The SMILES string of the molecule is CCOc1ccc2nc(-c3cccnc3)nc(Nc3cc4ccccc4n3C)c2c1. The number of nitrogens with one attached hydrogen (secondary N) is 1. The summed E-state index contributed by atoms with van der Waals surface area (Å²) in [5.41, 5.74) is 2.86. The van der Waals surface area contributed by atoms with Crippen molar-refractivity contribution in [1.82, 2.24) is 19.5 Å². The number of anilines is 2. The fourth-order valence-electron chi connectivity index (χ4n) is 3.61. The maximum Gasteiger partial charge on any atom is 0.163 e. The lowest BCUT2D eigenvalue weighted by molar-refractivity contribution is 0.340. The maximum atomic E-state index is 5.71. The van der Waals surface area contributed by atoms with Crippen LogP contribution in [-0.4, -0.2) is 26.1 Å². The van der Waals surface area contributed by atoms with E-state index < -0.39 is 0 Å². The van der Waals surface area contributed by atoms with E-state index in [1.54, 1.807) is 12.4 Å². The number of para-hydroxylation sites is 1. The van der Waals surface area contributed by atoms with Crippen LogP contribution < -0.4 is 10.1 Å². The molecule has 0 saturated heterocycles. The molecule has 0 bridgehead atoms. The molecule has 0 unspecified atom stereocenters. The summed E-state index contributed by atoms with van der Waals surface area (Å²) in [6.07, 6.45) is 3.52. The van der Waals surface area contributed by atoms with Gasteiger partial charge in [-0.3, -0.25) is 4.98 Å². The van der Waals surface area contributed by atoms with Gasteiger partial charge in [0.05, 0.1) is 12.1 Å². The number of hydrogen-bond acceptors (Lipinski definition) is 5. The summed E-state index contributed by atoms with van der Waals surface area (Å²) in [4.78, 5) is 13.8. The summed E-state index contributed by atoms with van der Waals surface area (Å²) in [6.45, 7) is 2.58. The van der Waals surface area contributed by atoms with Crippen molar-refractivity contribution in [2.45, 2.75) is 6.92 Å². The summed E-state index contributed by atoms with van der Waals surface area (Å²) < 4.78 is 7.83. The Bertz CT molecular complexity index is 1340. The smallest absolute Gasteiger partial charge is 0.163 e. The van der Waals surface area contributed by atoms with Crippen molar-refractivity contribution in [2.24, 2.45) is 7.05 Å². The molecule has 6 nitrogen and oxygen atoms in total. The van der Waals surface area contributed by atoms with E-state index in [1.807, 2.05) is 56.4 Å². The molecular weight excluding hydrogens is 374 g/mol. The van der Waals surface area contributed by atoms with Gasteiger partial charge >= 0.3 is 0 Å². The first-order valence-corrected chi connectivity index (χ1v) is 9.89. The van der Waals surface area contributed by atoms with Gasteiger partial charge < -0.3 is 14.6 Å². The number of aromatic nitrogens is 4. The van der Waals surface area contributed by atoms with E-state index in [9.17, 15) is 0 Å². The highest BCUT2D eigenvalue weighted by molar-refractivity contribution is 5.94. The standard InChI is InChI=1S/C24H21N5O/c1-3-30-18-10-11-20-19(14-18)24(28-23(26-20)17-8-6-12-25-15-17)27-22-13-16-7-4-5-9-21(16)29(22)2/h4-15H,3H2,1-2H3,(H,26,27,28). The molecule has 6 heteroatoms. The van der Waals surface area contributed by atoms with Crippen molar-refractivity contribution in [3.05, 3.63) is 73.1 Å². The van der Waals surface area contributed by atoms with Crippen molar-refractivity contribution in [3.8, 4) is 17.1 Å². The van der Waals surface area contributed by atoms with Crippen LogP contribution in [0.15, 0.2) is 73.1 Å². The van der Waals surface area contributed by atoms with Crippen LogP contribution in [-0.2, 0) is 7.05 Å². The lowest BCUT2D eigenvalue weighted by Crippen LogP contribution is -2.03. The Balaban J connectivity index is 1.68. The molecule has 0 aliphatic carbocycles. The van der Waals surface area contributed by atoms with Gasteiger partial charge in [-0.2, -0.15) is 0 Å². The van der Waals surface area contributed by atoms with Gasteiger partial charge in [0.15, 0.2) is 5.82 Å². The van der Waals surface area contributed by atoms with Crippen molar-refractivity contribution in [3.63, 3.8) is 0 Å². The van der Waals surface area contributed by atoms with Crippen molar-refractivity contribution >= 4 is 33.4 Å². The van der Waals surface area contributed by atoms with E-state index in [4.69, 9.17) is 14.7 Å². The molecule has 0 amide bonds. The predicted octanol–water partition coefficient (Wildman–Crippen LogP) is 5.33. The highest BCUT2D eigenvalue weighted by Gasteiger charge is 2.13. The van der Waals surface area contributed by atoms with Gasteiger partial charge in [0.25, 0.3) is 0 Å². The number of aryl methyl sites for hydroxylation is 1. The average Bonchev–Trinajstić information content (AvgIpc) is 3.10. The fourth-order valence-corrected chi connectivity index (χ4v) is 3.61. The molecule has 0 spiro atoms. The van der Waals surface area contributed by atoms with Crippen molar-refractivity contribution in [1.29, 1.82) is 0 Å². The highest BCUT2D eigenvalue weighted by atomic mass is 16.5. The minimum Gasteiger partial charge on any atom is -0.494 e. The Morgan fingerprint density at radius 2 is 1.90 bits per heavy atom. The summed E-state index contributed by atoms with van der Waals surface area (Å²) >= 11 is 0. The normalized spacial score (nSPS) is 11.1. The second-order valence-corrected chi connectivity index (χ2v) is 7.02. The number of hydrogen-bond donors (Lipinski definition) is 1. The first-order valence-electron chi connectivity index (χ1n) is 9.89. The number of nitrogens with zero attached hydrogens (tertiary/aromatic N) is 4. The van der Waals surface area contributed by atoms with Crippen LogP contribution in [0.25, 0.3) is 33.2 Å². The molecular formula is C24H21N5O. The third-order valence-electron chi connectivity index (χ3n) is 5.10. The van der Waals surface area contributed by atoms with E-state index in [-0.39, 0.29) is 0 Å². The van der Waals surface area contributed by atoms with Gasteiger partial charge in [-0.1, -0.05) is 18.2 Å². The van der Waals surface area contributed by atoms with Crippen LogP contribution in [0.4, 0.5) is 11.6 Å². The molecule has 148 valence electrons. The maximum absolute atomic E-state index is 5.71. The molecule has 3 heterocycles. The van der Waals surface area contributed by atoms with Gasteiger partial charge in [-0.15, -0.1) is 0 Å². The Labute approximate surface area is 174 Å². The zero-order chi connectivity index (χ0) is 20.5. The lowest BCUT2D eigenvalue weighted by atomic mass is 10.2. The Hall–Kier alpha value is -3.93. The molecule has 3 aromatic heterocycles. The second-order valence-electron chi connectivity index (χ2n) is 7.02. The average molecular weight is 395 g/mol. The molecule has 30 heavy (non-hydrogen) atoms. The van der Waals surface area contributed by atoms with Gasteiger partial charge in [0.1, 0.15) is 17.4 Å². The van der Waals surface area contributed by atoms with E-state index in [0.717, 1.165) is 39.4 Å². The summed E-state index contributed by atoms with van der Waals surface area (Å²) in [7, 11) is 2.04. The first kappa shape index (κ1) is 18.1. The molecule has 5 rings (SSSR count). The Kier molecular flexibility index (Phi) is 4.52. The van der Waals surface area contributed by atoms with Crippen molar-refractivity contribution in [2.75, 3.05) is 11.9 Å². The van der Waals surface area contributed by atoms with E-state index >= 15 is 0 Å². The monoisotopic (exact) mass is 395 g/mol. The summed E-state index contributed by atoms with van der Waals surface area (Å²) in [6, 6.07) is 20.2. The lowest BCUT2D eigenvalue weighted by Gasteiger charge is -2.13. The molecule has 2 aromatic carbocycles.